The molecule has 3 heterocycles. The standard InChI is InChI=1S/C19H33N5/c1-2-5-16(6-3-1)13-18-15-24(22-21-18)19-8-11-23(12-9-19)14-17-7-4-10-20-17/h15-17,19-20H,1-14H2/t17-/m0/s1. The Morgan fingerprint density at radius 1 is 1.00 bits per heavy atom. The van der Waals surface area contributed by atoms with Crippen LogP contribution in [0.2, 0.25) is 0 Å². The van der Waals surface area contributed by atoms with Crippen molar-refractivity contribution < 1.29 is 0 Å². The summed E-state index contributed by atoms with van der Waals surface area (Å²) >= 11 is 0. The summed E-state index contributed by atoms with van der Waals surface area (Å²) < 4.78 is 2.17. The van der Waals surface area contributed by atoms with E-state index in [4.69, 9.17) is 0 Å². The van der Waals surface area contributed by atoms with E-state index >= 15 is 0 Å². The number of hydrogen-bond donors (Lipinski definition) is 1. The van der Waals surface area contributed by atoms with Crippen molar-refractivity contribution in [1.29, 1.82) is 0 Å². The normalized spacial score (nSPS) is 27.8. The number of aromatic nitrogens is 3. The highest BCUT2D eigenvalue weighted by molar-refractivity contribution is 4.96. The second-order valence-corrected chi connectivity index (χ2v) is 8.22. The van der Waals surface area contributed by atoms with Gasteiger partial charge in [-0.3, -0.25) is 0 Å². The Morgan fingerprint density at radius 3 is 2.58 bits per heavy atom. The van der Waals surface area contributed by atoms with Gasteiger partial charge in [0.05, 0.1) is 11.7 Å². The van der Waals surface area contributed by atoms with Crippen LogP contribution < -0.4 is 5.32 Å². The van der Waals surface area contributed by atoms with Crippen molar-refractivity contribution in [3.8, 4) is 0 Å². The maximum absolute atomic E-state index is 4.48. The molecule has 1 aliphatic carbocycles. The lowest BCUT2D eigenvalue weighted by Crippen LogP contribution is -2.42. The first-order valence-corrected chi connectivity index (χ1v) is 10.2. The van der Waals surface area contributed by atoms with Crippen LogP contribution in [0.1, 0.15) is 69.5 Å². The molecule has 4 rings (SSSR count). The van der Waals surface area contributed by atoms with Crippen molar-refractivity contribution >= 4 is 0 Å². The van der Waals surface area contributed by atoms with Gasteiger partial charge in [-0.15, -0.1) is 5.10 Å². The Morgan fingerprint density at radius 2 is 1.83 bits per heavy atom. The summed E-state index contributed by atoms with van der Waals surface area (Å²) in [5.41, 5.74) is 1.22. The van der Waals surface area contributed by atoms with Gasteiger partial charge in [-0.1, -0.05) is 37.3 Å². The molecule has 24 heavy (non-hydrogen) atoms. The quantitative estimate of drug-likeness (QED) is 0.901. The number of hydrogen-bond acceptors (Lipinski definition) is 4. The first kappa shape index (κ1) is 16.5. The van der Waals surface area contributed by atoms with Crippen molar-refractivity contribution in [3.05, 3.63) is 11.9 Å². The van der Waals surface area contributed by atoms with Crippen LogP contribution in [0.3, 0.4) is 0 Å². The van der Waals surface area contributed by atoms with Crippen molar-refractivity contribution in [3.63, 3.8) is 0 Å². The third-order valence-electron chi connectivity index (χ3n) is 6.35. The molecule has 2 saturated heterocycles. The van der Waals surface area contributed by atoms with Gasteiger partial charge in [0, 0.05) is 31.9 Å². The van der Waals surface area contributed by atoms with Gasteiger partial charge in [0.15, 0.2) is 0 Å². The summed E-state index contributed by atoms with van der Waals surface area (Å²) in [6.45, 7) is 4.86. The highest BCUT2D eigenvalue weighted by Crippen LogP contribution is 2.27. The van der Waals surface area contributed by atoms with Crippen molar-refractivity contribution in [2.45, 2.75) is 76.3 Å². The number of piperidine rings is 1. The van der Waals surface area contributed by atoms with Crippen LogP contribution in [-0.4, -0.2) is 52.1 Å². The van der Waals surface area contributed by atoms with Crippen LogP contribution in [0.25, 0.3) is 0 Å². The Bertz CT molecular complexity index is 494. The molecule has 1 aromatic heterocycles. The van der Waals surface area contributed by atoms with Crippen LogP contribution >= 0.6 is 0 Å². The molecule has 2 aliphatic heterocycles. The molecule has 1 atom stereocenters. The van der Waals surface area contributed by atoms with Gasteiger partial charge in [-0.2, -0.15) is 0 Å². The van der Waals surface area contributed by atoms with E-state index in [0.717, 1.165) is 18.4 Å². The van der Waals surface area contributed by atoms with E-state index in [2.05, 4.69) is 31.4 Å². The minimum absolute atomic E-state index is 0.561. The predicted octanol–water partition coefficient (Wildman–Crippen LogP) is 2.79. The molecular weight excluding hydrogens is 298 g/mol. The summed E-state index contributed by atoms with van der Waals surface area (Å²) in [6.07, 6.45) is 15.6. The van der Waals surface area contributed by atoms with Crippen molar-refractivity contribution in [1.82, 2.24) is 25.2 Å². The monoisotopic (exact) mass is 331 g/mol. The molecule has 5 nitrogen and oxygen atoms in total. The van der Waals surface area contributed by atoms with Crippen LogP contribution in [0.5, 0.6) is 0 Å². The van der Waals surface area contributed by atoms with E-state index in [1.54, 1.807) is 0 Å². The summed E-state index contributed by atoms with van der Waals surface area (Å²) in [4.78, 5) is 2.64. The molecule has 3 fully saturated rings. The third-order valence-corrected chi connectivity index (χ3v) is 6.35. The second kappa shape index (κ2) is 7.96. The van der Waals surface area contributed by atoms with Crippen molar-refractivity contribution in [2.24, 2.45) is 5.92 Å². The van der Waals surface area contributed by atoms with Gasteiger partial charge in [0.25, 0.3) is 0 Å². The van der Waals surface area contributed by atoms with E-state index in [0.29, 0.717) is 6.04 Å². The number of likely N-dealkylation sites (tertiary alicyclic amines) is 1. The summed E-state index contributed by atoms with van der Waals surface area (Å²) in [5.74, 6) is 0.852. The molecule has 0 spiro atoms. The van der Waals surface area contributed by atoms with Crippen LogP contribution in [0, 0.1) is 5.92 Å². The molecule has 0 aromatic carbocycles. The second-order valence-electron chi connectivity index (χ2n) is 8.22. The minimum atomic E-state index is 0.561. The van der Waals surface area contributed by atoms with Crippen LogP contribution in [0.15, 0.2) is 6.20 Å². The zero-order chi connectivity index (χ0) is 16.2. The van der Waals surface area contributed by atoms with E-state index in [-0.39, 0.29) is 0 Å². The third kappa shape index (κ3) is 4.17. The lowest BCUT2D eigenvalue weighted by Gasteiger charge is -2.33. The fourth-order valence-electron chi connectivity index (χ4n) is 4.86. The van der Waals surface area contributed by atoms with Gasteiger partial charge in [-0.05, 0) is 44.6 Å². The highest BCUT2D eigenvalue weighted by Gasteiger charge is 2.25. The Kier molecular flexibility index (Phi) is 5.48. The lowest BCUT2D eigenvalue weighted by atomic mass is 9.86. The SMILES string of the molecule is c1c(CC2CCCCC2)nnn1C1CCN(C[C@@H]2CCCN2)CC1. The average Bonchev–Trinajstić information content (AvgIpc) is 3.29. The van der Waals surface area contributed by atoms with Crippen LogP contribution in [-0.2, 0) is 6.42 Å². The Hall–Kier alpha value is -0.940. The topological polar surface area (TPSA) is 46.0 Å². The molecule has 1 aromatic rings. The summed E-state index contributed by atoms with van der Waals surface area (Å²) in [5, 5.41) is 12.6. The molecule has 0 amide bonds. The Balaban J connectivity index is 1.25. The average molecular weight is 332 g/mol. The van der Waals surface area contributed by atoms with Gasteiger partial charge in [0.1, 0.15) is 0 Å². The maximum Gasteiger partial charge on any atom is 0.0830 e. The number of rotatable bonds is 5. The predicted molar refractivity (Wildman–Crippen MR) is 96.0 cm³/mol. The van der Waals surface area contributed by atoms with Crippen LogP contribution in [0.4, 0.5) is 0 Å². The van der Waals surface area contributed by atoms with E-state index in [1.165, 1.54) is 89.7 Å². The van der Waals surface area contributed by atoms with Gasteiger partial charge < -0.3 is 10.2 Å². The van der Waals surface area contributed by atoms with Crippen molar-refractivity contribution in [2.75, 3.05) is 26.2 Å². The van der Waals surface area contributed by atoms with E-state index in [9.17, 15) is 0 Å². The molecular formula is C19H33N5. The fourth-order valence-corrected chi connectivity index (χ4v) is 4.86. The summed E-state index contributed by atoms with van der Waals surface area (Å²) in [6, 6.07) is 1.29. The highest BCUT2D eigenvalue weighted by atomic mass is 15.4. The number of nitrogens with one attached hydrogen (secondary N) is 1. The molecule has 5 heteroatoms. The molecule has 0 bridgehead atoms. The largest absolute Gasteiger partial charge is 0.313 e. The molecule has 3 aliphatic rings. The summed E-state index contributed by atoms with van der Waals surface area (Å²) in [7, 11) is 0. The fraction of sp³-hybridized carbons (Fsp3) is 0.895. The van der Waals surface area contributed by atoms with Gasteiger partial charge >= 0.3 is 0 Å². The zero-order valence-electron chi connectivity index (χ0n) is 15.0. The zero-order valence-corrected chi connectivity index (χ0v) is 15.0. The smallest absolute Gasteiger partial charge is 0.0830 e. The molecule has 0 unspecified atom stereocenters. The maximum atomic E-state index is 4.48. The first-order chi connectivity index (χ1) is 11.9. The molecule has 1 saturated carbocycles. The Labute approximate surface area is 146 Å². The number of nitrogens with zero attached hydrogens (tertiary/aromatic N) is 4. The first-order valence-electron chi connectivity index (χ1n) is 10.2. The van der Waals surface area contributed by atoms with E-state index in [1.807, 2.05) is 0 Å². The molecule has 0 radical (unpaired) electrons. The van der Waals surface area contributed by atoms with Gasteiger partial charge in [-0.25, -0.2) is 4.68 Å². The lowest BCUT2D eigenvalue weighted by molar-refractivity contribution is 0.167. The molecule has 134 valence electrons. The minimum Gasteiger partial charge on any atom is -0.313 e. The van der Waals surface area contributed by atoms with E-state index < -0.39 is 0 Å². The molecule has 1 N–H and O–H groups in total. The van der Waals surface area contributed by atoms with Gasteiger partial charge in [0.2, 0.25) is 0 Å².